The molecule has 1 saturated heterocycles. The van der Waals surface area contributed by atoms with E-state index in [-0.39, 0.29) is 12.7 Å². The summed E-state index contributed by atoms with van der Waals surface area (Å²) in [7, 11) is 0. The molecule has 0 radical (unpaired) electrons. The molecular formula is C14H21ClN2O2. The molecule has 0 spiro atoms. The maximum absolute atomic E-state index is 9.23. The summed E-state index contributed by atoms with van der Waals surface area (Å²) in [6.07, 6.45) is -0.111. The monoisotopic (exact) mass is 284 g/mol. The highest BCUT2D eigenvalue weighted by molar-refractivity contribution is 6.30. The van der Waals surface area contributed by atoms with Crippen molar-refractivity contribution in [2.24, 2.45) is 0 Å². The number of hydrogen-bond acceptors (Lipinski definition) is 4. The topological polar surface area (TPSA) is 44.7 Å². The van der Waals surface area contributed by atoms with Gasteiger partial charge in [0.15, 0.2) is 0 Å². The molecule has 1 heterocycles. The van der Waals surface area contributed by atoms with E-state index in [1.807, 2.05) is 12.1 Å². The molecule has 1 atom stereocenters. The number of morpholine rings is 1. The molecule has 1 aliphatic rings. The number of rotatable bonds is 5. The molecule has 5 heteroatoms. The number of halogens is 1. The Morgan fingerprint density at radius 2 is 2.37 bits per heavy atom. The summed E-state index contributed by atoms with van der Waals surface area (Å²) in [5, 5.41) is 13.3. The van der Waals surface area contributed by atoms with E-state index in [1.165, 1.54) is 5.56 Å². The zero-order valence-electron chi connectivity index (χ0n) is 11.2. The van der Waals surface area contributed by atoms with Crippen LogP contribution >= 0.6 is 11.6 Å². The summed E-state index contributed by atoms with van der Waals surface area (Å²) in [6.45, 7) is 6.07. The van der Waals surface area contributed by atoms with E-state index in [0.29, 0.717) is 13.2 Å². The van der Waals surface area contributed by atoms with Crippen LogP contribution in [0.25, 0.3) is 0 Å². The van der Waals surface area contributed by atoms with Gasteiger partial charge in [0.25, 0.3) is 0 Å². The van der Waals surface area contributed by atoms with Gasteiger partial charge in [0.05, 0.1) is 19.3 Å². The van der Waals surface area contributed by atoms with Gasteiger partial charge in [-0.1, -0.05) is 24.6 Å². The molecule has 2 rings (SSSR count). The maximum atomic E-state index is 9.23. The molecule has 0 saturated carbocycles. The first-order chi connectivity index (χ1) is 9.24. The Morgan fingerprint density at radius 3 is 3.11 bits per heavy atom. The van der Waals surface area contributed by atoms with Crippen LogP contribution in [0.3, 0.4) is 0 Å². The molecule has 1 unspecified atom stereocenters. The van der Waals surface area contributed by atoms with Crippen LogP contribution in [-0.4, -0.2) is 44.1 Å². The molecule has 0 aliphatic carbocycles. The highest BCUT2D eigenvalue weighted by Crippen LogP contribution is 2.26. The van der Waals surface area contributed by atoms with Crippen molar-refractivity contribution in [3.8, 4) is 0 Å². The van der Waals surface area contributed by atoms with Crippen molar-refractivity contribution in [1.29, 1.82) is 0 Å². The molecule has 0 aromatic heterocycles. The third kappa shape index (κ3) is 3.83. The number of nitrogens with one attached hydrogen (secondary N) is 1. The van der Waals surface area contributed by atoms with Crippen molar-refractivity contribution in [3.05, 3.63) is 28.8 Å². The Morgan fingerprint density at radius 1 is 1.53 bits per heavy atom. The van der Waals surface area contributed by atoms with Gasteiger partial charge in [-0.15, -0.1) is 0 Å². The van der Waals surface area contributed by atoms with Crippen molar-refractivity contribution in [1.82, 2.24) is 5.32 Å². The molecule has 1 aromatic carbocycles. The van der Waals surface area contributed by atoms with Crippen LogP contribution in [0, 0.1) is 0 Å². The van der Waals surface area contributed by atoms with E-state index >= 15 is 0 Å². The van der Waals surface area contributed by atoms with E-state index in [4.69, 9.17) is 16.3 Å². The van der Waals surface area contributed by atoms with Crippen LogP contribution in [0.1, 0.15) is 12.5 Å². The van der Waals surface area contributed by atoms with Crippen molar-refractivity contribution < 1.29 is 9.84 Å². The molecule has 1 fully saturated rings. The number of aliphatic hydroxyl groups excluding tert-OH is 1. The quantitative estimate of drug-likeness (QED) is 0.863. The van der Waals surface area contributed by atoms with E-state index in [2.05, 4.69) is 23.2 Å². The largest absolute Gasteiger partial charge is 0.394 e. The smallest absolute Gasteiger partial charge is 0.0980 e. The van der Waals surface area contributed by atoms with Gasteiger partial charge >= 0.3 is 0 Å². The Bertz CT molecular complexity index is 414. The molecule has 1 aliphatic heterocycles. The number of aliphatic hydroxyl groups is 1. The zero-order valence-corrected chi connectivity index (χ0v) is 12.0. The molecule has 19 heavy (non-hydrogen) atoms. The van der Waals surface area contributed by atoms with Gasteiger partial charge in [0, 0.05) is 30.3 Å². The van der Waals surface area contributed by atoms with E-state index in [1.54, 1.807) is 0 Å². The average molecular weight is 285 g/mol. The minimum atomic E-state index is -0.111. The summed E-state index contributed by atoms with van der Waals surface area (Å²) in [5.74, 6) is 0. The molecule has 0 bridgehead atoms. The first-order valence-corrected chi connectivity index (χ1v) is 7.09. The molecule has 4 nitrogen and oxygen atoms in total. The lowest BCUT2D eigenvalue weighted by Gasteiger charge is -2.35. The van der Waals surface area contributed by atoms with Crippen molar-refractivity contribution in [3.63, 3.8) is 0 Å². The number of hydrogen-bond donors (Lipinski definition) is 2. The Kier molecular flexibility index (Phi) is 5.45. The zero-order chi connectivity index (χ0) is 13.7. The number of nitrogens with zero attached hydrogens (tertiary/aromatic N) is 1. The minimum Gasteiger partial charge on any atom is -0.394 e. The van der Waals surface area contributed by atoms with Crippen molar-refractivity contribution >= 4 is 17.3 Å². The summed E-state index contributed by atoms with van der Waals surface area (Å²) < 4.78 is 5.49. The lowest BCUT2D eigenvalue weighted by molar-refractivity contribution is 0.00352. The van der Waals surface area contributed by atoms with Crippen LogP contribution in [0.15, 0.2) is 18.2 Å². The third-order valence-corrected chi connectivity index (χ3v) is 3.53. The van der Waals surface area contributed by atoms with Gasteiger partial charge in [-0.05, 0) is 24.2 Å². The second-order valence-electron chi connectivity index (χ2n) is 4.67. The van der Waals surface area contributed by atoms with Crippen LogP contribution in [-0.2, 0) is 11.3 Å². The minimum absolute atomic E-state index is 0.0552. The van der Waals surface area contributed by atoms with E-state index in [9.17, 15) is 5.11 Å². The molecule has 1 aromatic rings. The summed E-state index contributed by atoms with van der Waals surface area (Å²) in [4.78, 5) is 2.24. The van der Waals surface area contributed by atoms with Gasteiger partial charge in [0.1, 0.15) is 0 Å². The normalized spacial score (nSPS) is 19.7. The SMILES string of the molecule is CCNCc1ccc(Cl)cc1N1CCOC(CO)C1. The lowest BCUT2D eigenvalue weighted by atomic mass is 10.1. The fourth-order valence-electron chi connectivity index (χ4n) is 2.29. The highest BCUT2D eigenvalue weighted by atomic mass is 35.5. The Labute approximate surface area is 119 Å². The van der Waals surface area contributed by atoms with Gasteiger partial charge in [-0.3, -0.25) is 0 Å². The van der Waals surface area contributed by atoms with Gasteiger partial charge in [-0.25, -0.2) is 0 Å². The fourth-order valence-corrected chi connectivity index (χ4v) is 2.46. The van der Waals surface area contributed by atoms with E-state index < -0.39 is 0 Å². The highest BCUT2D eigenvalue weighted by Gasteiger charge is 2.21. The van der Waals surface area contributed by atoms with E-state index in [0.717, 1.165) is 30.3 Å². The second-order valence-corrected chi connectivity index (χ2v) is 5.11. The first kappa shape index (κ1) is 14.6. The van der Waals surface area contributed by atoms with Crippen molar-refractivity contribution in [2.45, 2.75) is 19.6 Å². The van der Waals surface area contributed by atoms with Gasteiger partial charge in [0.2, 0.25) is 0 Å². The third-order valence-electron chi connectivity index (χ3n) is 3.30. The van der Waals surface area contributed by atoms with Crippen LogP contribution < -0.4 is 10.2 Å². The molecule has 2 N–H and O–H groups in total. The Hall–Kier alpha value is -0.810. The standard InChI is InChI=1S/C14H21ClN2O2/c1-2-16-8-11-3-4-12(15)7-14(11)17-5-6-19-13(9-17)10-18/h3-4,7,13,16,18H,2,5-6,8-10H2,1H3. The summed E-state index contributed by atoms with van der Waals surface area (Å²) in [5.41, 5.74) is 2.36. The van der Waals surface area contributed by atoms with Crippen LogP contribution in [0.4, 0.5) is 5.69 Å². The molecule has 0 amide bonds. The number of anilines is 1. The second kappa shape index (κ2) is 7.10. The summed E-state index contributed by atoms with van der Waals surface area (Å²) >= 11 is 6.11. The predicted octanol–water partition coefficient (Wildman–Crippen LogP) is 1.65. The number of ether oxygens (including phenoxy) is 1. The van der Waals surface area contributed by atoms with Gasteiger partial charge in [-0.2, -0.15) is 0 Å². The fraction of sp³-hybridized carbons (Fsp3) is 0.571. The number of benzene rings is 1. The lowest BCUT2D eigenvalue weighted by Crippen LogP contribution is -2.44. The summed E-state index contributed by atoms with van der Waals surface area (Å²) in [6, 6.07) is 5.97. The van der Waals surface area contributed by atoms with Crippen LogP contribution in [0.5, 0.6) is 0 Å². The van der Waals surface area contributed by atoms with Crippen LogP contribution in [0.2, 0.25) is 5.02 Å². The van der Waals surface area contributed by atoms with Crippen molar-refractivity contribution in [2.75, 3.05) is 37.7 Å². The molecular weight excluding hydrogens is 264 g/mol. The maximum Gasteiger partial charge on any atom is 0.0980 e. The predicted molar refractivity (Wildman–Crippen MR) is 77.9 cm³/mol. The first-order valence-electron chi connectivity index (χ1n) is 6.71. The molecule has 106 valence electrons. The average Bonchev–Trinajstić information content (AvgIpc) is 2.46. The Balaban J connectivity index is 2.18. The van der Waals surface area contributed by atoms with Gasteiger partial charge < -0.3 is 20.1 Å².